The first kappa shape index (κ1) is 13.4. The zero-order valence-corrected chi connectivity index (χ0v) is 10.2. The van der Waals surface area contributed by atoms with Gasteiger partial charge in [-0.05, 0) is 31.2 Å². The fraction of sp³-hybridized carbons (Fsp3) is 0.143. The first-order valence-corrected chi connectivity index (χ1v) is 5.66. The van der Waals surface area contributed by atoms with Gasteiger partial charge in [-0.3, -0.25) is 0 Å². The van der Waals surface area contributed by atoms with E-state index in [4.69, 9.17) is 10.5 Å². The number of hydrogen-bond donors (Lipinski definition) is 1. The van der Waals surface area contributed by atoms with Crippen LogP contribution in [0.4, 0.5) is 13.2 Å². The van der Waals surface area contributed by atoms with E-state index >= 15 is 0 Å². The van der Waals surface area contributed by atoms with Gasteiger partial charge in [0.05, 0.1) is 0 Å². The van der Waals surface area contributed by atoms with Crippen molar-refractivity contribution >= 4 is 0 Å². The second kappa shape index (κ2) is 5.32. The van der Waals surface area contributed by atoms with E-state index in [1.165, 1.54) is 18.2 Å². The number of nitrogens with two attached hydrogens (primary N) is 1. The Hall–Kier alpha value is -2.01. The number of rotatable bonds is 3. The molecule has 0 heterocycles. The Balaban J connectivity index is 2.44. The molecule has 2 nitrogen and oxygen atoms in total. The molecule has 0 amide bonds. The predicted octanol–water partition coefficient (Wildman–Crippen LogP) is 3.92. The Labute approximate surface area is 108 Å². The molecule has 0 bridgehead atoms. The van der Waals surface area contributed by atoms with Crippen LogP contribution in [-0.2, 0) is 0 Å². The third-order valence-electron chi connectivity index (χ3n) is 2.58. The van der Waals surface area contributed by atoms with Crippen molar-refractivity contribution in [3.8, 4) is 11.5 Å². The van der Waals surface area contributed by atoms with Crippen LogP contribution < -0.4 is 10.5 Å². The van der Waals surface area contributed by atoms with Crippen LogP contribution in [0.5, 0.6) is 11.5 Å². The topological polar surface area (TPSA) is 35.2 Å². The van der Waals surface area contributed by atoms with Crippen molar-refractivity contribution in [2.45, 2.75) is 13.0 Å². The van der Waals surface area contributed by atoms with Crippen LogP contribution in [0.3, 0.4) is 0 Å². The van der Waals surface area contributed by atoms with Gasteiger partial charge in [0.1, 0.15) is 17.4 Å². The molecule has 2 aromatic rings. The summed E-state index contributed by atoms with van der Waals surface area (Å²) in [6.45, 7) is 1.58. The molecule has 2 aromatic carbocycles. The second-order valence-corrected chi connectivity index (χ2v) is 4.12. The highest BCUT2D eigenvalue weighted by Gasteiger charge is 2.16. The lowest BCUT2D eigenvalue weighted by Crippen LogP contribution is -2.09. The van der Waals surface area contributed by atoms with Gasteiger partial charge in [-0.15, -0.1) is 0 Å². The van der Waals surface area contributed by atoms with Gasteiger partial charge >= 0.3 is 0 Å². The van der Waals surface area contributed by atoms with Crippen molar-refractivity contribution in [1.29, 1.82) is 0 Å². The number of benzene rings is 2. The lowest BCUT2D eigenvalue weighted by Gasteiger charge is -2.14. The Morgan fingerprint density at radius 1 is 1.00 bits per heavy atom. The van der Waals surface area contributed by atoms with Gasteiger partial charge in [-0.1, -0.05) is 6.07 Å². The fourth-order valence-electron chi connectivity index (χ4n) is 1.72. The summed E-state index contributed by atoms with van der Waals surface area (Å²) in [5.41, 5.74) is 5.77. The van der Waals surface area contributed by atoms with Gasteiger partial charge in [-0.25, -0.2) is 13.2 Å². The highest BCUT2D eigenvalue weighted by Crippen LogP contribution is 2.32. The highest BCUT2D eigenvalue weighted by molar-refractivity contribution is 5.40. The van der Waals surface area contributed by atoms with Crippen molar-refractivity contribution in [2.75, 3.05) is 0 Å². The quantitative estimate of drug-likeness (QED) is 0.914. The summed E-state index contributed by atoms with van der Waals surface area (Å²) in [7, 11) is 0. The summed E-state index contributed by atoms with van der Waals surface area (Å²) in [5, 5.41) is 0. The molecule has 0 unspecified atom stereocenters. The number of ether oxygens (including phenoxy) is 1. The first-order valence-electron chi connectivity index (χ1n) is 5.66. The van der Waals surface area contributed by atoms with Crippen LogP contribution in [0, 0.1) is 17.5 Å². The zero-order chi connectivity index (χ0) is 14.0. The molecule has 0 aliphatic heterocycles. The van der Waals surface area contributed by atoms with Gasteiger partial charge in [0.2, 0.25) is 0 Å². The minimum Gasteiger partial charge on any atom is -0.454 e. The molecular formula is C14H12F3NO. The molecule has 1 atom stereocenters. The van der Waals surface area contributed by atoms with Crippen molar-refractivity contribution in [3.63, 3.8) is 0 Å². The Morgan fingerprint density at radius 2 is 1.74 bits per heavy atom. The standard InChI is InChI=1S/C14H12F3NO/c1-8(18)14-11(17)3-2-4-12(14)19-13-7-9(15)5-6-10(13)16/h2-8H,18H2,1H3/t8-/m0/s1. The summed E-state index contributed by atoms with van der Waals surface area (Å²) in [4.78, 5) is 0. The van der Waals surface area contributed by atoms with Gasteiger partial charge in [0, 0.05) is 17.7 Å². The third-order valence-corrected chi connectivity index (χ3v) is 2.58. The Morgan fingerprint density at radius 3 is 2.42 bits per heavy atom. The monoisotopic (exact) mass is 267 g/mol. The van der Waals surface area contributed by atoms with E-state index in [1.807, 2.05) is 0 Å². The molecule has 0 aromatic heterocycles. The Bertz CT molecular complexity index is 599. The van der Waals surface area contributed by atoms with Crippen LogP contribution in [0.25, 0.3) is 0 Å². The molecule has 0 aliphatic rings. The van der Waals surface area contributed by atoms with E-state index in [1.54, 1.807) is 6.92 Å². The number of halogens is 3. The van der Waals surface area contributed by atoms with Crippen molar-refractivity contribution < 1.29 is 17.9 Å². The molecule has 19 heavy (non-hydrogen) atoms. The smallest absolute Gasteiger partial charge is 0.165 e. The van der Waals surface area contributed by atoms with Gasteiger partial charge < -0.3 is 10.5 Å². The molecular weight excluding hydrogens is 255 g/mol. The number of hydrogen-bond acceptors (Lipinski definition) is 2. The molecule has 0 saturated carbocycles. The SMILES string of the molecule is C[C@H](N)c1c(F)cccc1Oc1cc(F)ccc1F. The first-order chi connectivity index (χ1) is 8.99. The average Bonchev–Trinajstić information content (AvgIpc) is 2.33. The molecule has 2 N–H and O–H groups in total. The minimum atomic E-state index is -0.735. The van der Waals surface area contributed by atoms with Gasteiger partial charge in [-0.2, -0.15) is 0 Å². The molecule has 5 heteroatoms. The summed E-state index contributed by atoms with van der Waals surface area (Å²) in [6.07, 6.45) is 0. The molecule has 0 fully saturated rings. The van der Waals surface area contributed by atoms with Crippen LogP contribution in [0.1, 0.15) is 18.5 Å². The second-order valence-electron chi connectivity index (χ2n) is 4.12. The lowest BCUT2D eigenvalue weighted by atomic mass is 10.1. The molecule has 100 valence electrons. The summed E-state index contributed by atoms with van der Waals surface area (Å²) >= 11 is 0. The van der Waals surface area contributed by atoms with E-state index in [2.05, 4.69) is 0 Å². The van der Waals surface area contributed by atoms with Gasteiger partial charge in [0.25, 0.3) is 0 Å². The van der Waals surface area contributed by atoms with E-state index in [9.17, 15) is 13.2 Å². The molecule has 0 saturated heterocycles. The van der Waals surface area contributed by atoms with Crippen LogP contribution in [-0.4, -0.2) is 0 Å². The molecule has 0 aliphatic carbocycles. The lowest BCUT2D eigenvalue weighted by molar-refractivity contribution is 0.423. The zero-order valence-electron chi connectivity index (χ0n) is 10.2. The van der Waals surface area contributed by atoms with E-state index in [0.717, 1.165) is 18.2 Å². The van der Waals surface area contributed by atoms with E-state index in [0.29, 0.717) is 0 Å². The molecule has 0 spiro atoms. The summed E-state index contributed by atoms with van der Waals surface area (Å²) < 4.78 is 45.4. The molecule has 2 rings (SSSR count). The maximum atomic E-state index is 13.7. The third kappa shape index (κ3) is 2.88. The largest absolute Gasteiger partial charge is 0.454 e. The highest BCUT2D eigenvalue weighted by atomic mass is 19.1. The van der Waals surface area contributed by atoms with Crippen molar-refractivity contribution in [1.82, 2.24) is 0 Å². The van der Waals surface area contributed by atoms with Gasteiger partial charge in [0.15, 0.2) is 11.6 Å². The van der Waals surface area contributed by atoms with Crippen molar-refractivity contribution in [3.05, 3.63) is 59.4 Å². The van der Waals surface area contributed by atoms with Crippen LogP contribution in [0.2, 0.25) is 0 Å². The maximum Gasteiger partial charge on any atom is 0.165 e. The van der Waals surface area contributed by atoms with E-state index < -0.39 is 23.5 Å². The summed E-state index contributed by atoms with van der Waals surface area (Å²) in [5.74, 6) is -2.17. The average molecular weight is 267 g/mol. The normalized spacial score (nSPS) is 12.3. The predicted molar refractivity (Wildman–Crippen MR) is 65.4 cm³/mol. The minimum absolute atomic E-state index is 0.0690. The fourth-order valence-corrected chi connectivity index (χ4v) is 1.72. The summed E-state index contributed by atoms with van der Waals surface area (Å²) in [6, 6.07) is 6.27. The van der Waals surface area contributed by atoms with Crippen molar-refractivity contribution in [2.24, 2.45) is 5.73 Å². The Kier molecular flexibility index (Phi) is 3.76. The van der Waals surface area contributed by atoms with E-state index in [-0.39, 0.29) is 17.1 Å². The van der Waals surface area contributed by atoms with Crippen LogP contribution in [0.15, 0.2) is 36.4 Å². The van der Waals surface area contributed by atoms with Crippen LogP contribution >= 0.6 is 0 Å². The maximum absolute atomic E-state index is 13.7. The molecule has 0 radical (unpaired) electrons.